The minimum absolute atomic E-state index is 0.0147. The Bertz CT molecular complexity index is 1060. The van der Waals surface area contributed by atoms with Gasteiger partial charge in [-0.2, -0.15) is 0 Å². The summed E-state index contributed by atoms with van der Waals surface area (Å²) in [4.78, 5) is 26.6. The predicted molar refractivity (Wildman–Crippen MR) is 119 cm³/mol. The molecule has 0 spiro atoms. The number of sulfonamides is 1. The molecule has 0 aliphatic heterocycles. The SMILES string of the molecule is CNC(=O)[C@H](C)N(Cc1c(Cl)cccc1Cl)C(=O)CN(c1cccc(F)c1)S(C)(=O)=O. The van der Waals surface area contributed by atoms with Crippen molar-refractivity contribution in [1.29, 1.82) is 0 Å². The molecule has 0 aliphatic carbocycles. The van der Waals surface area contributed by atoms with Crippen LogP contribution in [0.15, 0.2) is 42.5 Å². The van der Waals surface area contributed by atoms with Crippen LogP contribution in [0, 0.1) is 5.82 Å². The highest BCUT2D eigenvalue weighted by atomic mass is 35.5. The van der Waals surface area contributed by atoms with Gasteiger partial charge in [0.15, 0.2) is 0 Å². The molecule has 0 saturated heterocycles. The fourth-order valence-electron chi connectivity index (χ4n) is 2.89. The normalized spacial score (nSPS) is 12.2. The van der Waals surface area contributed by atoms with Crippen LogP contribution in [0.25, 0.3) is 0 Å². The molecule has 0 saturated carbocycles. The lowest BCUT2D eigenvalue weighted by Crippen LogP contribution is -2.50. The van der Waals surface area contributed by atoms with Crippen LogP contribution in [-0.2, 0) is 26.2 Å². The molecule has 0 aromatic heterocycles. The molecule has 1 atom stereocenters. The summed E-state index contributed by atoms with van der Waals surface area (Å²) in [6, 6.07) is 8.72. The lowest BCUT2D eigenvalue weighted by Gasteiger charge is -2.31. The second-order valence-electron chi connectivity index (χ2n) is 6.76. The van der Waals surface area contributed by atoms with Crippen LogP contribution in [-0.4, -0.2) is 51.0 Å². The number of rotatable bonds is 8. The fourth-order valence-corrected chi connectivity index (χ4v) is 4.25. The molecule has 0 radical (unpaired) electrons. The van der Waals surface area contributed by atoms with Crippen LogP contribution in [0.5, 0.6) is 0 Å². The molecule has 7 nitrogen and oxygen atoms in total. The Kier molecular flexibility index (Phi) is 8.27. The maximum atomic E-state index is 13.7. The fraction of sp³-hybridized carbons (Fsp3) is 0.300. The maximum absolute atomic E-state index is 13.7. The van der Waals surface area contributed by atoms with Gasteiger partial charge in [-0.1, -0.05) is 35.3 Å². The van der Waals surface area contributed by atoms with Gasteiger partial charge in [-0.15, -0.1) is 0 Å². The zero-order chi connectivity index (χ0) is 23.3. The Hall–Kier alpha value is -2.36. The number of benzene rings is 2. The first-order valence-corrected chi connectivity index (χ1v) is 11.7. The first-order chi connectivity index (χ1) is 14.5. The van der Waals surface area contributed by atoms with Crippen LogP contribution in [0.1, 0.15) is 12.5 Å². The monoisotopic (exact) mass is 489 g/mol. The number of halogens is 3. The summed E-state index contributed by atoms with van der Waals surface area (Å²) in [5.41, 5.74) is 0.394. The average molecular weight is 490 g/mol. The largest absolute Gasteiger partial charge is 0.357 e. The summed E-state index contributed by atoms with van der Waals surface area (Å²) in [6.07, 6.45) is 0.905. The quantitative estimate of drug-likeness (QED) is 0.617. The second-order valence-corrected chi connectivity index (χ2v) is 9.48. The number of amides is 2. The van der Waals surface area contributed by atoms with E-state index in [1.54, 1.807) is 18.2 Å². The van der Waals surface area contributed by atoms with Crippen LogP contribution in [0.3, 0.4) is 0 Å². The molecule has 2 rings (SSSR count). The Morgan fingerprint density at radius 3 is 2.23 bits per heavy atom. The average Bonchev–Trinajstić information content (AvgIpc) is 2.69. The lowest BCUT2D eigenvalue weighted by molar-refractivity contribution is -0.139. The van der Waals surface area contributed by atoms with Crippen molar-refractivity contribution in [2.24, 2.45) is 0 Å². The third-order valence-electron chi connectivity index (χ3n) is 4.58. The number of anilines is 1. The number of likely N-dealkylation sites (N-methyl/N-ethyl adjacent to an activating group) is 1. The topological polar surface area (TPSA) is 86.8 Å². The molecule has 31 heavy (non-hydrogen) atoms. The van der Waals surface area contributed by atoms with Gasteiger partial charge in [0, 0.05) is 29.2 Å². The minimum Gasteiger partial charge on any atom is -0.357 e. The summed E-state index contributed by atoms with van der Waals surface area (Å²) in [7, 11) is -2.52. The highest BCUT2D eigenvalue weighted by Gasteiger charge is 2.30. The van der Waals surface area contributed by atoms with E-state index in [1.165, 1.54) is 31.0 Å². The third kappa shape index (κ3) is 6.32. The summed E-state index contributed by atoms with van der Waals surface area (Å²) in [5, 5.41) is 3.04. The van der Waals surface area contributed by atoms with Gasteiger partial charge in [-0.3, -0.25) is 13.9 Å². The van der Waals surface area contributed by atoms with E-state index in [9.17, 15) is 22.4 Å². The van der Waals surface area contributed by atoms with Crippen LogP contribution < -0.4 is 9.62 Å². The first-order valence-electron chi connectivity index (χ1n) is 9.13. The standard InChI is InChI=1S/C20H22Cl2FN3O4S/c1-13(20(28)24-2)25(11-16-17(21)8-5-9-18(16)22)19(27)12-26(31(3,29)30)15-7-4-6-14(23)10-15/h4-10,13H,11-12H2,1-3H3,(H,24,28)/t13-/m0/s1. The summed E-state index contributed by atoms with van der Waals surface area (Å²) in [5.74, 6) is -1.81. The molecule has 0 aliphatic rings. The van der Waals surface area contributed by atoms with Gasteiger partial charge < -0.3 is 10.2 Å². The van der Waals surface area contributed by atoms with Crippen LogP contribution >= 0.6 is 23.2 Å². The van der Waals surface area contributed by atoms with Gasteiger partial charge in [0.1, 0.15) is 18.4 Å². The smallest absolute Gasteiger partial charge is 0.244 e. The molecule has 11 heteroatoms. The van der Waals surface area contributed by atoms with E-state index < -0.39 is 40.2 Å². The van der Waals surface area contributed by atoms with Gasteiger partial charge in [0.2, 0.25) is 21.8 Å². The van der Waals surface area contributed by atoms with Crippen molar-refractivity contribution in [2.45, 2.75) is 19.5 Å². The van der Waals surface area contributed by atoms with Crippen molar-refractivity contribution in [3.05, 3.63) is 63.9 Å². The highest BCUT2D eigenvalue weighted by Crippen LogP contribution is 2.27. The zero-order valence-corrected chi connectivity index (χ0v) is 19.4. The molecular formula is C20H22Cl2FN3O4S. The van der Waals surface area contributed by atoms with Crippen molar-refractivity contribution in [3.63, 3.8) is 0 Å². The van der Waals surface area contributed by atoms with Gasteiger partial charge in [0.05, 0.1) is 11.9 Å². The van der Waals surface area contributed by atoms with Gasteiger partial charge in [0.25, 0.3) is 0 Å². The first kappa shape index (κ1) is 24.9. The van der Waals surface area contributed by atoms with Crippen LogP contribution in [0.2, 0.25) is 10.0 Å². The predicted octanol–water partition coefficient (Wildman–Crippen LogP) is 3.06. The van der Waals surface area contributed by atoms with E-state index in [2.05, 4.69) is 5.32 Å². The number of nitrogens with one attached hydrogen (secondary N) is 1. The second kappa shape index (κ2) is 10.3. The Morgan fingerprint density at radius 1 is 1.13 bits per heavy atom. The summed E-state index contributed by atoms with van der Waals surface area (Å²) < 4.78 is 39.1. The van der Waals surface area contributed by atoms with Crippen molar-refractivity contribution in [3.8, 4) is 0 Å². The lowest BCUT2D eigenvalue weighted by atomic mass is 10.1. The third-order valence-corrected chi connectivity index (χ3v) is 6.43. The summed E-state index contributed by atoms with van der Waals surface area (Å²) >= 11 is 12.4. The number of hydrogen-bond acceptors (Lipinski definition) is 4. The Labute approximate surface area is 190 Å². The molecule has 0 heterocycles. The number of hydrogen-bond donors (Lipinski definition) is 1. The Morgan fingerprint density at radius 2 is 1.71 bits per heavy atom. The van der Waals surface area contributed by atoms with E-state index in [-0.39, 0.29) is 12.2 Å². The van der Waals surface area contributed by atoms with Crippen LogP contribution in [0.4, 0.5) is 10.1 Å². The molecule has 1 N–H and O–H groups in total. The molecule has 0 bridgehead atoms. The number of carbonyl (C=O) groups excluding carboxylic acids is 2. The molecular weight excluding hydrogens is 468 g/mol. The van der Waals surface area contributed by atoms with E-state index in [0.717, 1.165) is 22.7 Å². The highest BCUT2D eigenvalue weighted by molar-refractivity contribution is 7.92. The van der Waals surface area contributed by atoms with E-state index in [0.29, 0.717) is 15.6 Å². The van der Waals surface area contributed by atoms with Crippen molar-refractivity contribution >= 4 is 50.7 Å². The van der Waals surface area contributed by atoms with E-state index in [1.807, 2.05) is 0 Å². The van der Waals surface area contributed by atoms with Crippen molar-refractivity contribution < 1.29 is 22.4 Å². The molecule has 2 amide bonds. The summed E-state index contributed by atoms with van der Waals surface area (Å²) in [6.45, 7) is 0.715. The number of nitrogens with zero attached hydrogens (tertiary/aromatic N) is 2. The molecule has 0 fully saturated rings. The van der Waals surface area contributed by atoms with E-state index in [4.69, 9.17) is 23.2 Å². The molecule has 168 valence electrons. The maximum Gasteiger partial charge on any atom is 0.244 e. The Balaban J connectivity index is 2.44. The number of carbonyl (C=O) groups is 2. The van der Waals surface area contributed by atoms with Gasteiger partial charge in [-0.05, 0) is 37.3 Å². The minimum atomic E-state index is -3.94. The molecule has 2 aromatic rings. The van der Waals surface area contributed by atoms with Gasteiger partial charge in [-0.25, -0.2) is 12.8 Å². The van der Waals surface area contributed by atoms with Crippen molar-refractivity contribution in [1.82, 2.24) is 10.2 Å². The van der Waals surface area contributed by atoms with E-state index >= 15 is 0 Å². The molecule has 0 unspecified atom stereocenters. The van der Waals surface area contributed by atoms with Gasteiger partial charge >= 0.3 is 0 Å². The van der Waals surface area contributed by atoms with Crippen molar-refractivity contribution in [2.75, 3.05) is 24.2 Å². The molecule has 2 aromatic carbocycles. The zero-order valence-electron chi connectivity index (χ0n) is 17.1.